The molecule has 1 atom stereocenters. The average Bonchev–Trinajstić information content (AvgIpc) is 3.29. The fourth-order valence-corrected chi connectivity index (χ4v) is 3.56. The Kier molecular flexibility index (Phi) is 8.88. The molecular formula is C19H37N7. The van der Waals surface area contributed by atoms with Gasteiger partial charge in [0.2, 0.25) is 0 Å². The van der Waals surface area contributed by atoms with Crippen LogP contribution < -0.4 is 10.6 Å². The van der Waals surface area contributed by atoms with E-state index in [0.717, 1.165) is 44.4 Å². The molecule has 7 heteroatoms. The normalized spacial score (nSPS) is 17.0. The van der Waals surface area contributed by atoms with Gasteiger partial charge in [0.05, 0.1) is 6.54 Å². The SMILES string of the molecule is CCNC(=NCC(CC(C)C)N1CCCC1)NCCn1cnnc1CC. The van der Waals surface area contributed by atoms with Crippen LogP contribution in [0.4, 0.5) is 0 Å². The summed E-state index contributed by atoms with van der Waals surface area (Å²) in [5.41, 5.74) is 0. The van der Waals surface area contributed by atoms with Crippen LogP contribution in [0.15, 0.2) is 11.3 Å². The number of rotatable bonds is 10. The van der Waals surface area contributed by atoms with Gasteiger partial charge >= 0.3 is 0 Å². The Balaban J connectivity index is 1.88. The summed E-state index contributed by atoms with van der Waals surface area (Å²) < 4.78 is 2.10. The van der Waals surface area contributed by atoms with Gasteiger partial charge in [-0.25, -0.2) is 0 Å². The molecule has 1 unspecified atom stereocenters. The number of guanidine groups is 1. The summed E-state index contributed by atoms with van der Waals surface area (Å²) in [6, 6.07) is 0.553. The van der Waals surface area contributed by atoms with Crippen LogP contribution >= 0.6 is 0 Å². The van der Waals surface area contributed by atoms with Crippen molar-refractivity contribution in [2.45, 2.75) is 66.0 Å². The van der Waals surface area contributed by atoms with Gasteiger partial charge in [0.15, 0.2) is 5.96 Å². The smallest absolute Gasteiger partial charge is 0.191 e. The van der Waals surface area contributed by atoms with Crippen molar-refractivity contribution in [2.24, 2.45) is 10.9 Å². The van der Waals surface area contributed by atoms with Gasteiger partial charge in [0.25, 0.3) is 0 Å². The van der Waals surface area contributed by atoms with Gasteiger partial charge < -0.3 is 15.2 Å². The molecule has 0 aliphatic carbocycles. The lowest BCUT2D eigenvalue weighted by Gasteiger charge is -2.28. The largest absolute Gasteiger partial charge is 0.357 e. The zero-order valence-corrected chi connectivity index (χ0v) is 17.0. The van der Waals surface area contributed by atoms with E-state index in [1.54, 1.807) is 6.33 Å². The molecule has 1 aliphatic rings. The van der Waals surface area contributed by atoms with E-state index in [4.69, 9.17) is 4.99 Å². The molecule has 2 N–H and O–H groups in total. The van der Waals surface area contributed by atoms with Crippen LogP contribution in [-0.2, 0) is 13.0 Å². The number of aromatic nitrogens is 3. The zero-order chi connectivity index (χ0) is 18.8. The molecule has 1 fully saturated rings. The maximum atomic E-state index is 4.89. The van der Waals surface area contributed by atoms with Gasteiger partial charge in [-0.2, -0.15) is 0 Å². The Morgan fingerprint density at radius 2 is 2.00 bits per heavy atom. The highest BCUT2D eigenvalue weighted by Gasteiger charge is 2.22. The number of nitrogens with one attached hydrogen (secondary N) is 2. The van der Waals surface area contributed by atoms with Gasteiger partial charge in [-0.05, 0) is 45.2 Å². The highest BCUT2D eigenvalue weighted by Crippen LogP contribution is 2.18. The first kappa shape index (κ1) is 20.7. The summed E-state index contributed by atoms with van der Waals surface area (Å²) in [5.74, 6) is 2.64. The first-order valence-electron chi connectivity index (χ1n) is 10.3. The van der Waals surface area contributed by atoms with Gasteiger partial charge in [0.1, 0.15) is 12.2 Å². The minimum atomic E-state index is 0.553. The van der Waals surface area contributed by atoms with Gasteiger partial charge in [-0.3, -0.25) is 9.89 Å². The number of nitrogens with zero attached hydrogens (tertiary/aromatic N) is 5. The number of hydrogen-bond acceptors (Lipinski definition) is 4. The Labute approximate surface area is 158 Å². The topological polar surface area (TPSA) is 70.4 Å². The highest BCUT2D eigenvalue weighted by molar-refractivity contribution is 5.79. The molecule has 148 valence electrons. The van der Waals surface area contributed by atoms with E-state index < -0.39 is 0 Å². The Hall–Kier alpha value is -1.63. The number of aryl methyl sites for hydroxylation is 1. The van der Waals surface area contributed by atoms with Crippen LogP contribution in [0.25, 0.3) is 0 Å². The third-order valence-corrected chi connectivity index (χ3v) is 4.86. The fraction of sp³-hybridized carbons (Fsp3) is 0.842. The van der Waals surface area contributed by atoms with Crippen LogP contribution in [0.2, 0.25) is 0 Å². The molecule has 0 saturated carbocycles. The molecule has 1 aliphatic heterocycles. The highest BCUT2D eigenvalue weighted by atomic mass is 15.3. The molecular weight excluding hydrogens is 326 g/mol. The molecule has 0 spiro atoms. The molecule has 26 heavy (non-hydrogen) atoms. The summed E-state index contributed by atoms with van der Waals surface area (Å²) in [5, 5.41) is 14.9. The summed E-state index contributed by atoms with van der Waals surface area (Å²) in [6.45, 7) is 14.7. The predicted molar refractivity (Wildman–Crippen MR) is 107 cm³/mol. The molecule has 0 radical (unpaired) electrons. The Morgan fingerprint density at radius 1 is 1.23 bits per heavy atom. The molecule has 7 nitrogen and oxygen atoms in total. The molecule has 1 saturated heterocycles. The molecule has 1 aromatic heterocycles. The summed E-state index contributed by atoms with van der Waals surface area (Å²) in [7, 11) is 0. The van der Waals surface area contributed by atoms with Crippen molar-refractivity contribution in [3.63, 3.8) is 0 Å². The maximum Gasteiger partial charge on any atom is 0.191 e. The van der Waals surface area contributed by atoms with Crippen molar-refractivity contribution in [1.82, 2.24) is 30.3 Å². The van der Waals surface area contributed by atoms with Crippen molar-refractivity contribution >= 4 is 5.96 Å². The molecule has 0 bridgehead atoms. The zero-order valence-electron chi connectivity index (χ0n) is 17.0. The van der Waals surface area contributed by atoms with Crippen LogP contribution in [0.3, 0.4) is 0 Å². The average molecular weight is 364 g/mol. The van der Waals surface area contributed by atoms with Crippen molar-refractivity contribution < 1.29 is 0 Å². The Morgan fingerprint density at radius 3 is 2.65 bits per heavy atom. The maximum absolute atomic E-state index is 4.89. The second-order valence-corrected chi connectivity index (χ2v) is 7.47. The molecule has 2 rings (SSSR count). The second-order valence-electron chi connectivity index (χ2n) is 7.47. The van der Waals surface area contributed by atoms with Crippen LogP contribution in [0.1, 0.15) is 52.8 Å². The summed E-state index contributed by atoms with van der Waals surface area (Å²) >= 11 is 0. The van der Waals surface area contributed by atoms with Crippen molar-refractivity contribution in [1.29, 1.82) is 0 Å². The van der Waals surface area contributed by atoms with Crippen LogP contribution in [0.5, 0.6) is 0 Å². The fourth-order valence-electron chi connectivity index (χ4n) is 3.56. The number of aliphatic imine (C=N–C) groups is 1. The second kappa shape index (κ2) is 11.2. The third-order valence-electron chi connectivity index (χ3n) is 4.86. The van der Waals surface area contributed by atoms with E-state index in [0.29, 0.717) is 12.0 Å². The lowest BCUT2D eigenvalue weighted by molar-refractivity contribution is 0.218. The first-order chi connectivity index (χ1) is 12.6. The molecule has 1 aromatic rings. The van der Waals surface area contributed by atoms with Gasteiger partial charge in [0, 0.05) is 32.1 Å². The van der Waals surface area contributed by atoms with Gasteiger partial charge in [-0.1, -0.05) is 20.8 Å². The minimum absolute atomic E-state index is 0.553. The van der Waals surface area contributed by atoms with E-state index >= 15 is 0 Å². The summed E-state index contributed by atoms with van der Waals surface area (Å²) in [4.78, 5) is 7.51. The molecule has 2 heterocycles. The van der Waals surface area contributed by atoms with E-state index in [1.807, 2.05) is 0 Å². The third kappa shape index (κ3) is 6.59. The van der Waals surface area contributed by atoms with E-state index in [-0.39, 0.29) is 0 Å². The Bertz CT molecular complexity index is 532. The predicted octanol–water partition coefficient (Wildman–Crippen LogP) is 1.91. The van der Waals surface area contributed by atoms with E-state index in [1.165, 1.54) is 32.4 Å². The van der Waals surface area contributed by atoms with Crippen molar-refractivity contribution in [3.8, 4) is 0 Å². The van der Waals surface area contributed by atoms with Crippen molar-refractivity contribution in [3.05, 3.63) is 12.2 Å². The van der Waals surface area contributed by atoms with Crippen molar-refractivity contribution in [2.75, 3.05) is 32.7 Å². The lowest BCUT2D eigenvalue weighted by Crippen LogP contribution is -2.41. The summed E-state index contributed by atoms with van der Waals surface area (Å²) in [6.07, 6.45) is 6.58. The van der Waals surface area contributed by atoms with Gasteiger partial charge in [-0.15, -0.1) is 10.2 Å². The monoisotopic (exact) mass is 363 g/mol. The first-order valence-corrected chi connectivity index (χ1v) is 10.3. The molecule has 0 aromatic carbocycles. The minimum Gasteiger partial charge on any atom is -0.357 e. The standard InChI is InChI=1S/C19H37N7/c1-5-18-24-23-15-26(18)12-9-21-19(20-6-2)22-14-17(13-16(3)4)25-10-7-8-11-25/h15-17H,5-14H2,1-4H3,(H2,20,21,22). The number of likely N-dealkylation sites (tertiary alicyclic amines) is 1. The van der Waals surface area contributed by atoms with E-state index in [9.17, 15) is 0 Å². The quantitative estimate of drug-likeness (QED) is 0.491. The lowest BCUT2D eigenvalue weighted by atomic mass is 10.0. The number of hydrogen-bond donors (Lipinski definition) is 2. The molecule has 0 amide bonds. The van der Waals surface area contributed by atoms with Crippen LogP contribution in [-0.4, -0.2) is 64.4 Å². The van der Waals surface area contributed by atoms with E-state index in [2.05, 4.69) is 58.0 Å². The van der Waals surface area contributed by atoms with Crippen LogP contribution in [0, 0.1) is 5.92 Å².